The molecule has 0 radical (unpaired) electrons. The van der Waals surface area contributed by atoms with Crippen molar-refractivity contribution in [1.29, 1.82) is 0 Å². The average Bonchev–Trinajstić information content (AvgIpc) is 2.70. The zero-order valence-corrected chi connectivity index (χ0v) is 16.7. The zero-order valence-electron chi connectivity index (χ0n) is 15.2. The quantitative estimate of drug-likeness (QED) is 0.398. The van der Waals surface area contributed by atoms with Gasteiger partial charge >= 0.3 is 0 Å². The summed E-state index contributed by atoms with van der Waals surface area (Å²) in [7, 11) is 0. The number of amides is 1. The van der Waals surface area contributed by atoms with Gasteiger partial charge < -0.3 is 10.1 Å². The van der Waals surface area contributed by atoms with Crippen molar-refractivity contribution in [3.63, 3.8) is 0 Å². The number of benzene rings is 3. The Kier molecular flexibility index (Phi) is 7.02. The molecule has 0 aromatic heterocycles. The van der Waals surface area contributed by atoms with Crippen LogP contribution in [-0.4, -0.2) is 24.3 Å². The number of carbonyl (C=O) groups excluding carboxylic acids is 1. The lowest BCUT2D eigenvalue weighted by Crippen LogP contribution is -2.35. The second-order valence-corrected chi connectivity index (χ2v) is 7.80. The van der Waals surface area contributed by atoms with Gasteiger partial charge in [0.05, 0.1) is 11.8 Å². The van der Waals surface area contributed by atoms with Gasteiger partial charge in [-0.15, -0.1) is 11.8 Å². The van der Waals surface area contributed by atoms with E-state index in [1.165, 1.54) is 0 Å². The summed E-state index contributed by atoms with van der Waals surface area (Å²) in [4.78, 5) is 13.5. The number of nitrogens with one attached hydrogen (secondary N) is 1. The summed E-state index contributed by atoms with van der Waals surface area (Å²) in [6, 6.07) is 21.7. The number of hydrogen-bond acceptors (Lipinski definition) is 3. The monoisotopic (exact) mass is 399 g/mol. The summed E-state index contributed by atoms with van der Waals surface area (Å²) in [6.07, 6.45) is 0.753. The van der Waals surface area contributed by atoms with Crippen molar-refractivity contribution in [2.75, 3.05) is 13.2 Å². The van der Waals surface area contributed by atoms with Crippen molar-refractivity contribution in [3.8, 4) is 5.75 Å². The van der Waals surface area contributed by atoms with Gasteiger partial charge in [0.1, 0.15) is 12.4 Å². The largest absolute Gasteiger partial charge is 0.491 e. The molecule has 0 heterocycles. The van der Waals surface area contributed by atoms with Crippen molar-refractivity contribution < 1.29 is 9.53 Å². The predicted molar refractivity (Wildman–Crippen MR) is 114 cm³/mol. The maximum Gasteiger partial charge on any atom is 0.233 e. The van der Waals surface area contributed by atoms with E-state index in [9.17, 15) is 4.79 Å². The third kappa shape index (κ3) is 5.41. The number of hydrogen-bond donors (Lipinski definition) is 1. The molecule has 140 valence electrons. The molecule has 0 bridgehead atoms. The molecule has 0 saturated carbocycles. The van der Waals surface area contributed by atoms with Crippen LogP contribution < -0.4 is 10.1 Å². The van der Waals surface area contributed by atoms with Crippen LogP contribution in [-0.2, 0) is 4.79 Å². The minimum Gasteiger partial charge on any atom is -0.491 e. The molecule has 3 nitrogen and oxygen atoms in total. The van der Waals surface area contributed by atoms with Crippen LogP contribution in [0.5, 0.6) is 5.75 Å². The summed E-state index contributed by atoms with van der Waals surface area (Å²) in [5.74, 6) is 0.865. The molecule has 0 unspecified atom stereocenters. The Balaban J connectivity index is 1.50. The Morgan fingerprint density at radius 1 is 1.07 bits per heavy atom. The zero-order chi connectivity index (χ0) is 19.1. The van der Waals surface area contributed by atoms with Crippen molar-refractivity contribution in [3.05, 3.63) is 71.8 Å². The van der Waals surface area contributed by atoms with Crippen LogP contribution in [0.4, 0.5) is 0 Å². The molecule has 5 heteroatoms. The highest BCUT2D eigenvalue weighted by Crippen LogP contribution is 2.27. The Morgan fingerprint density at radius 2 is 1.81 bits per heavy atom. The summed E-state index contributed by atoms with van der Waals surface area (Å²) in [5.41, 5.74) is 0. The molecular formula is C22H22ClNO2S. The van der Waals surface area contributed by atoms with E-state index in [2.05, 4.69) is 17.4 Å². The van der Waals surface area contributed by atoms with E-state index in [0.717, 1.165) is 27.8 Å². The lowest BCUT2D eigenvalue weighted by molar-refractivity contribution is -0.120. The van der Waals surface area contributed by atoms with Gasteiger partial charge in [0.2, 0.25) is 5.91 Å². The lowest BCUT2D eigenvalue weighted by Gasteiger charge is -2.15. The van der Waals surface area contributed by atoms with Crippen molar-refractivity contribution in [2.24, 2.45) is 0 Å². The van der Waals surface area contributed by atoms with Crippen LogP contribution in [0, 0.1) is 0 Å². The molecule has 1 atom stereocenters. The van der Waals surface area contributed by atoms with Crippen molar-refractivity contribution >= 4 is 40.0 Å². The fourth-order valence-electron chi connectivity index (χ4n) is 2.77. The van der Waals surface area contributed by atoms with E-state index in [-0.39, 0.29) is 11.2 Å². The van der Waals surface area contributed by atoms with E-state index in [4.69, 9.17) is 16.3 Å². The smallest absolute Gasteiger partial charge is 0.233 e. The molecule has 0 fully saturated rings. The molecule has 1 amide bonds. The van der Waals surface area contributed by atoms with Gasteiger partial charge in [-0.2, -0.15) is 0 Å². The molecule has 0 aliphatic rings. The maximum atomic E-state index is 12.5. The van der Waals surface area contributed by atoms with Gasteiger partial charge in [-0.1, -0.05) is 54.9 Å². The maximum absolute atomic E-state index is 12.5. The third-order valence-electron chi connectivity index (χ3n) is 4.16. The molecule has 27 heavy (non-hydrogen) atoms. The SMILES string of the molecule is CC[C@H](Sc1ccc(Cl)cc1)C(=O)NCCOc1cccc2ccccc12. The molecule has 0 saturated heterocycles. The van der Waals surface area contributed by atoms with E-state index >= 15 is 0 Å². The van der Waals surface area contributed by atoms with E-state index < -0.39 is 0 Å². The average molecular weight is 400 g/mol. The fraction of sp³-hybridized carbons (Fsp3) is 0.227. The number of fused-ring (bicyclic) bond motifs is 1. The topological polar surface area (TPSA) is 38.3 Å². The molecule has 3 aromatic rings. The highest BCUT2D eigenvalue weighted by atomic mass is 35.5. The van der Waals surface area contributed by atoms with E-state index in [0.29, 0.717) is 18.2 Å². The van der Waals surface area contributed by atoms with Gasteiger partial charge in [0.25, 0.3) is 0 Å². The predicted octanol–water partition coefficient (Wildman–Crippen LogP) is 5.56. The Morgan fingerprint density at radius 3 is 2.59 bits per heavy atom. The molecule has 3 rings (SSSR count). The van der Waals surface area contributed by atoms with Crippen LogP contribution >= 0.6 is 23.4 Å². The first-order valence-electron chi connectivity index (χ1n) is 8.98. The summed E-state index contributed by atoms with van der Waals surface area (Å²) in [5, 5.41) is 5.76. The van der Waals surface area contributed by atoms with Crippen LogP contribution in [0.1, 0.15) is 13.3 Å². The molecule has 0 aliphatic heterocycles. The van der Waals surface area contributed by atoms with E-state index in [1.54, 1.807) is 11.8 Å². The number of carbonyl (C=O) groups is 1. The fourth-order valence-corrected chi connectivity index (χ4v) is 3.88. The standard InChI is InChI=1S/C22H22ClNO2S/c1-2-21(27-18-12-10-17(23)11-13-18)22(25)24-14-15-26-20-9-5-7-16-6-3-4-8-19(16)20/h3-13,21H,2,14-15H2,1H3,(H,24,25)/t21-/m0/s1. The first kappa shape index (κ1) is 19.6. The van der Waals surface area contributed by atoms with Gasteiger partial charge in [-0.25, -0.2) is 0 Å². The van der Waals surface area contributed by atoms with Crippen LogP contribution in [0.3, 0.4) is 0 Å². The van der Waals surface area contributed by atoms with Crippen molar-refractivity contribution in [1.82, 2.24) is 5.32 Å². The van der Waals surface area contributed by atoms with Gasteiger partial charge in [0, 0.05) is 15.3 Å². The summed E-state index contributed by atoms with van der Waals surface area (Å²) < 4.78 is 5.88. The highest BCUT2D eigenvalue weighted by Gasteiger charge is 2.17. The highest BCUT2D eigenvalue weighted by molar-refractivity contribution is 8.00. The summed E-state index contributed by atoms with van der Waals surface area (Å²) in [6.45, 7) is 2.92. The molecule has 3 aromatic carbocycles. The second kappa shape index (κ2) is 9.67. The number of rotatable bonds is 8. The first-order valence-corrected chi connectivity index (χ1v) is 10.2. The van der Waals surface area contributed by atoms with Crippen molar-refractivity contribution in [2.45, 2.75) is 23.5 Å². The normalized spacial score (nSPS) is 11.9. The molecule has 0 spiro atoms. The number of thioether (sulfide) groups is 1. The third-order valence-corrected chi connectivity index (χ3v) is 5.79. The first-order chi connectivity index (χ1) is 13.2. The molecule has 1 N–H and O–H groups in total. The molecular weight excluding hydrogens is 378 g/mol. The van der Waals surface area contributed by atoms with Crippen LogP contribution in [0.2, 0.25) is 5.02 Å². The number of halogens is 1. The Labute approximate surface area is 169 Å². The van der Waals surface area contributed by atoms with Gasteiger partial charge in [-0.05, 0) is 42.1 Å². The van der Waals surface area contributed by atoms with E-state index in [1.807, 2.05) is 61.5 Å². The van der Waals surface area contributed by atoms with Crippen LogP contribution in [0.15, 0.2) is 71.6 Å². The minimum atomic E-state index is -0.135. The minimum absolute atomic E-state index is 0.0268. The summed E-state index contributed by atoms with van der Waals surface area (Å²) >= 11 is 7.46. The Bertz CT molecular complexity index is 893. The van der Waals surface area contributed by atoms with Gasteiger partial charge in [0.15, 0.2) is 0 Å². The lowest BCUT2D eigenvalue weighted by atomic mass is 10.1. The molecule has 0 aliphatic carbocycles. The van der Waals surface area contributed by atoms with Gasteiger partial charge in [-0.3, -0.25) is 4.79 Å². The van der Waals surface area contributed by atoms with Crippen LogP contribution in [0.25, 0.3) is 10.8 Å². The second-order valence-electron chi connectivity index (χ2n) is 6.09. The number of ether oxygens (including phenoxy) is 1. The Hall–Kier alpha value is -2.17.